The van der Waals surface area contributed by atoms with Crippen LogP contribution < -0.4 is 0 Å². The number of hydrogen-bond acceptors (Lipinski definition) is 4. The second-order valence-electron chi connectivity index (χ2n) is 4.29. The van der Waals surface area contributed by atoms with E-state index in [0.717, 1.165) is 11.1 Å². The minimum Gasteiger partial charge on any atom is -0.467 e. The summed E-state index contributed by atoms with van der Waals surface area (Å²) in [6.07, 6.45) is 5.56. The predicted octanol–water partition coefficient (Wildman–Crippen LogP) is 2.28. The topological polar surface area (TPSA) is 51.5 Å². The van der Waals surface area contributed by atoms with Crippen LogP contribution in [0, 0.1) is 0 Å². The average Bonchev–Trinajstić information content (AvgIpc) is 2.52. The molecule has 0 N–H and O–H groups in total. The van der Waals surface area contributed by atoms with Crippen molar-refractivity contribution >= 4 is 12.2 Å². The van der Waals surface area contributed by atoms with Crippen molar-refractivity contribution in [2.45, 2.75) is 12.5 Å². The fourth-order valence-electron chi connectivity index (χ4n) is 1.80. The summed E-state index contributed by atoms with van der Waals surface area (Å²) in [4.78, 5) is 20.1. The quantitative estimate of drug-likeness (QED) is 0.617. The summed E-state index contributed by atoms with van der Waals surface area (Å²) in [5, 5.41) is 0. The fraction of sp³-hybridized carbons (Fsp3) is 0.188. The molecule has 0 bridgehead atoms. The van der Waals surface area contributed by atoms with E-state index in [0.29, 0.717) is 6.42 Å². The number of aliphatic imine (C=N–C) groups is 1. The predicted molar refractivity (Wildman–Crippen MR) is 77.8 cm³/mol. The molecule has 0 aliphatic rings. The highest BCUT2D eigenvalue weighted by Gasteiger charge is 2.17. The number of nitrogens with zero attached hydrogens (tertiary/aromatic N) is 2. The van der Waals surface area contributed by atoms with Gasteiger partial charge in [0.05, 0.1) is 7.11 Å². The van der Waals surface area contributed by atoms with Gasteiger partial charge in [-0.2, -0.15) is 0 Å². The summed E-state index contributed by atoms with van der Waals surface area (Å²) in [5.74, 6) is -0.339. The third-order valence-electron chi connectivity index (χ3n) is 2.83. The van der Waals surface area contributed by atoms with Gasteiger partial charge >= 0.3 is 5.97 Å². The first-order valence-corrected chi connectivity index (χ1v) is 6.34. The second-order valence-corrected chi connectivity index (χ2v) is 4.29. The van der Waals surface area contributed by atoms with E-state index in [1.807, 2.05) is 42.5 Å². The van der Waals surface area contributed by atoms with E-state index in [4.69, 9.17) is 4.74 Å². The largest absolute Gasteiger partial charge is 0.467 e. The monoisotopic (exact) mass is 268 g/mol. The van der Waals surface area contributed by atoms with Crippen molar-refractivity contribution in [2.24, 2.45) is 4.99 Å². The van der Waals surface area contributed by atoms with Crippen molar-refractivity contribution in [1.82, 2.24) is 4.98 Å². The fourth-order valence-corrected chi connectivity index (χ4v) is 1.80. The molecule has 0 spiro atoms. The van der Waals surface area contributed by atoms with Crippen LogP contribution in [0.15, 0.2) is 59.9 Å². The van der Waals surface area contributed by atoms with Crippen molar-refractivity contribution in [3.63, 3.8) is 0 Å². The minimum absolute atomic E-state index is 0.339. The molecule has 0 fully saturated rings. The minimum atomic E-state index is -0.539. The number of carbonyl (C=O) groups is 1. The van der Waals surface area contributed by atoms with Gasteiger partial charge in [0.25, 0.3) is 0 Å². The summed E-state index contributed by atoms with van der Waals surface area (Å²) in [6, 6.07) is 12.9. The Morgan fingerprint density at radius 1 is 1.30 bits per heavy atom. The molecule has 0 aliphatic heterocycles. The molecule has 1 aromatic carbocycles. The molecule has 4 nitrogen and oxygen atoms in total. The maximum absolute atomic E-state index is 11.8. The van der Waals surface area contributed by atoms with Gasteiger partial charge in [-0.1, -0.05) is 36.4 Å². The number of pyridine rings is 1. The summed E-state index contributed by atoms with van der Waals surface area (Å²) >= 11 is 0. The van der Waals surface area contributed by atoms with E-state index in [2.05, 4.69) is 9.98 Å². The van der Waals surface area contributed by atoms with E-state index in [1.165, 1.54) is 7.11 Å². The van der Waals surface area contributed by atoms with Crippen molar-refractivity contribution in [2.75, 3.05) is 7.11 Å². The molecule has 0 amide bonds. The lowest BCUT2D eigenvalue weighted by molar-refractivity contribution is -0.142. The van der Waals surface area contributed by atoms with Gasteiger partial charge in [0.1, 0.15) is 0 Å². The molecule has 1 atom stereocenters. The third kappa shape index (κ3) is 4.02. The lowest BCUT2D eigenvalue weighted by Gasteiger charge is -2.10. The Bertz CT molecular complexity index is 568. The van der Waals surface area contributed by atoms with Gasteiger partial charge in [-0.3, -0.25) is 9.98 Å². The van der Waals surface area contributed by atoms with Crippen molar-refractivity contribution in [1.29, 1.82) is 0 Å². The molecule has 1 heterocycles. The first kappa shape index (κ1) is 13.9. The molecular weight excluding hydrogens is 252 g/mol. The Morgan fingerprint density at radius 2 is 2.10 bits per heavy atom. The van der Waals surface area contributed by atoms with Gasteiger partial charge in [-0.25, -0.2) is 4.79 Å². The zero-order chi connectivity index (χ0) is 14.2. The highest BCUT2D eigenvalue weighted by Crippen LogP contribution is 2.07. The first-order chi connectivity index (χ1) is 9.79. The van der Waals surface area contributed by atoms with Crippen LogP contribution in [0.3, 0.4) is 0 Å². The van der Waals surface area contributed by atoms with Crippen molar-refractivity contribution in [3.8, 4) is 0 Å². The molecule has 2 rings (SSSR count). The van der Waals surface area contributed by atoms with E-state index < -0.39 is 6.04 Å². The lowest BCUT2D eigenvalue weighted by atomic mass is 10.1. The molecule has 102 valence electrons. The van der Waals surface area contributed by atoms with Crippen LogP contribution in [0.25, 0.3) is 0 Å². The highest BCUT2D eigenvalue weighted by atomic mass is 16.5. The number of ether oxygens (including phenoxy) is 1. The Balaban J connectivity index is 2.12. The lowest BCUT2D eigenvalue weighted by Crippen LogP contribution is -2.23. The molecule has 0 saturated heterocycles. The molecule has 0 unspecified atom stereocenters. The standard InChI is InChI=1S/C16H16N2O2/c1-20-16(19)15(10-13-6-3-2-4-7-13)18-12-14-8-5-9-17-11-14/h2-9,11-12,15H,10H2,1H3/t15-/m0/s1. The molecule has 4 heteroatoms. The van der Waals surface area contributed by atoms with Crippen LogP contribution in [-0.4, -0.2) is 30.3 Å². The molecule has 1 aromatic heterocycles. The number of methoxy groups -OCH3 is 1. The first-order valence-electron chi connectivity index (χ1n) is 6.34. The molecular formula is C16H16N2O2. The van der Waals surface area contributed by atoms with Crippen LogP contribution in [-0.2, 0) is 16.0 Å². The highest BCUT2D eigenvalue weighted by molar-refractivity contribution is 5.83. The number of hydrogen-bond donors (Lipinski definition) is 0. The number of benzene rings is 1. The number of aromatic nitrogens is 1. The zero-order valence-corrected chi connectivity index (χ0v) is 11.3. The average molecular weight is 268 g/mol. The van der Waals surface area contributed by atoms with Gasteiger partial charge in [-0.15, -0.1) is 0 Å². The Kier molecular flexibility index (Phi) is 5.00. The van der Waals surface area contributed by atoms with E-state index >= 15 is 0 Å². The van der Waals surface area contributed by atoms with Crippen LogP contribution in [0.2, 0.25) is 0 Å². The third-order valence-corrected chi connectivity index (χ3v) is 2.83. The summed E-state index contributed by atoms with van der Waals surface area (Å²) in [6.45, 7) is 0. The molecule has 0 saturated carbocycles. The van der Waals surface area contributed by atoms with Crippen LogP contribution in [0.1, 0.15) is 11.1 Å². The number of rotatable bonds is 5. The van der Waals surface area contributed by atoms with E-state index in [-0.39, 0.29) is 5.97 Å². The van der Waals surface area contributed by atoms with Crippen LogP contribution in [0.5, 0.6) is 0 Å². The van der Waals surface area contributed by atoms with E-state index in [9.17, 15) is 4.79 Å². The zero-order valence-electron chi connectivity index (χ0n) is 11.3. The maximum Gasteiger partial charge on any atom is 0.330 e. The van der Waals surface area contributed by atoms with Gasteiger partial charge in [0.2, 0.25) is 0 Å². The van der Waals surface area contributed by atoms with Crippen LogP contribution >= 0.6 is 0 Å². The van der Waals surface area contributed by atoms with E-state index in [1.54, 1.807) is 18.6 Å². The number of carbonyl (C=O) groups excluding carboxylic acids is 1. The van der Waals surface area contributed by atoms with Gasteiger partial charge in [0.15, 0.2) is 6.04 Å². The number of esters is 1. The molecule has 0 radical (unpaired) electrons. The summed E-state index contributed by atoms with van der Waals surface area (Å²) < 4.78 is 4.80. The van der Waals surface area contributed by atoms with Crippen molar-refractivity contribution in [3.05, 3.63) is 66.0 Å². The van der Waals surface area contributed by atoms with Crippen LogP contribution in [0.4, 0.5) is 0 Å². The molecule has 20 heavy (non-hydrogen) atoms. The normalized spacial score (nSPS) is 12.2. The Labute approximate surface area is 118 Å². The van der Waals surface area contributed by atoms with Gasteiger partial charge in [-0.05, 0) is 11.6 Å². The summed E-state index contributed by atoms with van der Waals surface area (Å²) in [7, 11) is 1.37. The Hall–Kier alpha value is -2.49. The van der Waals surface area contributed by atoms with Crippen molar-refractivity contribution < 1.29 is 9.53 Å². The summed E-state index contributed by atoms with van der Waals surface area (Å²) in [5.41, 5.74) is 1.90. The molecule has 0 aliphatic carbocycles. The smallest absolute Gasteiger partial charge is 0.330 e. The SMILES string of the molecule is COC(=O)[C@H](Cc1ccccc1)N=Cc1cccnc1. The van der Waals surface area contributed by atoms with Gasteiger partial charge < -0.3 is 4.74 Å². The maximum atomic E-state index is 11.8. The van der Waals surface area contributed by atoms with Gasteiger partial charge in [0, 0.05) is 30.6 Å². The second kappa shape index (κ2) is 7.19. The molecule has 2 aromatic rings. The Morgan fingerprint density at radius 3 is 2.75 bits per heavy atom.